The van der Waals surface area contributed by atoms with Crippen molar-refractivity contribution in [1.29, 1.82) is 0 Å². The topological polar surface area (TPSA) is 53.6 Å². The van der Waals surface area contributed by atoms with Gasteiger partial charge in [0.2, 0.25) is 0 Å². The molecule has 3 atom stereocenters. The van der Waals surface area contributed by atoms with Gasteiger partial charge in [0.1, 0.15) is 5.82 Å². The van der Waals surface area contributed by atoms with Crippen LogP contribution in [0.5, 0.6) is 0 Å². The van der Waals surface area contributed by atoms with Gasteiger partial charge >= 0.3 is 0 Å². The molecule has 5 nitrogen and oxygen atoms in total. The van der Waals surface area contributed by atoms with E-state index in [1.807, 2.05) is 20.2 Å². The van der Waals surface area contributed by atoms with Gasteiger partial charge in [0.15, 0.2) is 11.2 Å². The summed E-state index contributed by atoms with van der Waals surface area (Å²) in [5, 5.41) is 3.42. The molecule has 1 saturated heterocycles. The quantitative estimate of drug-likeness (QED) is 0.744. The van der Waals surface area contributed by atoms with Crippen LogP contribution in [0.4, 0.5) is 4.39 Å². The second kappa shape index (κ2) is 10.1. The number of hydrogen-bond acceptors (Lipinski definition) is 3. The molecule has 1 saturated carbocycles. The summed E-state index contributed by atoms with van der Waals surface area (Å²) in [6.07, 6.45) is 5.36. The minimum atomic E-state index is -1.16. The molecule has 0 amide bonds. The van der Waals surface area contributed by atoms with E-state index in [2.05, 4.69) is 10.0 Å². The summed E-state index contributed by atoms with van der Waals surface area (Å²) in [5.74, 6) is 0.613. The summed E-state index contributed by atoms with van der Waals surface area (Å²) >= 11 is -1.16. The number of hydrogen-bond donors (Lipinski definition) is 2. The highest BCUT2D eigenvalue weighted by Gasteiger charge is 2.29. The summed E-state index contributed by atoms with van der Waals surface area (Å²) < 4.78 is 36.7. The smallest absolute Gasteiger partial charge is 0.169 e. The fourth-order valence-electron chi connectivity index (χ4n) is 4.07. The number of benzene rings is 1. The summed E-state index contributed by atoms with van der Waals surface area (Å²) in [7, 11) is 3.62. The van der Waals surface area contributed by atoms with Crippen LogP contribution in [-0.4, -0.2) is 54.5 Å². The zero-order valence-corrected chi connectivity index (χ0v) is 17.1. The summed E-state index contributed by atoms with van der Waals surface area (Å²) in [6, 6.07) is 7.21. The average Bonchev–Trinajstić information content (AvgIpc) is 2.67. The molecular weight excluding hydrogens is 365 g/mol. The molecule has 2 fully saturated rings. The molecule has 3 rings (SSSR count). The van der Waals surface area contributed by atoms with E-state index in [0.29, 0.717) is 18.4 Å². The van der Waals surface area contributed by atoms with Gasteiger partial charge in [0.05, 0.1) is 12.7 Å². The summed E-state index contributed by atoms with van der Waals surface area (Å²) in [6.45, 7) is 2.52. The lowest BCUT2D eigenvalue weighted by atomic mass is 9.82. The molecule has 0 spiro atoms. The van der Waals surface area contributed by atoms with Crippen molar-refractivity contribution in [3.05, 3.63) is 35.6 Å². The molecule has 0 bridgehead atoms. The highest BCUT2D eigenvalue weighted by atomic mass is 32.2. The third-order valence-electron chi connectivity index (χ3n) is 5.73. The highest BCUT2D eigenvalue weighted by molar-refractivity contribution is 7.80. The molecule has 152 valence electrons. The van der Waals surface area contributed by atoms with Crippen LogP contribution < -0.4 is 10.0 Å². The lowest BCUT2D eigenvalue weighted by Crippen LogP contribution is -2.51. The molecule has 1 aliphatic heterocycles. The van der Waals surface area contributed by atoms with Gasteiger partial charge < -0.3 is 10.1 Å². The monoisotopic (exact) mass is 397 g/mol. The first-order valence-corrected chi connectivity index (χ1v) is 11.1. The fraction of sp³-hybridized carbons (Fsp3) is 0.700. The van der Waals surface area contributed by atoms with E-state index in [-0.39, 0.29) is 18.0 Å². The van der Waals surface area contributed by atoms with Crippen molar-refractivity contribution in [2.24, 2.45) is 5.92 Å². The maximum absolute atomic E-state index is 13.4. The lowest BCUT2D eigenvalue weighted by molar-refractivity contribution is -0.00403. The minimum Gasteiger partial charge on any atom is -0.378 e. The van der Waals surface area contributed by atoms with Crippen LogP contribution in [-0.2, 0) is 15.9 Å². The Hall–Kier alpha value is -0.860. The van der Waals surface area contributed by atoms with E-state index in [9.17, 15) is 8.60 Å². The van der Waals surface area contributed by atoms with E-state index in [1.165, 1.54) is 6.07 Å². The van der Waals surface area contributed by atoms with Gasteiger partial charge in [-0.2, -0.15) is 0 Å². The largest absolute Gasteiger partial charge is 0.378 e. The van der Waals surface area contributed by atoms with Crippen LogP contribution in [0.3, 0.4) is 0 Å². The number of nitrogens with zero attached hydrogens (tertiary/aromatic N) is 1. The Morgan fingerprint density at radius 1 is 1.26 bits per heavy atom. The Kier molecular flexibility index (Phi) is 7.78. The molecular formula is C20H32FN3O2S. The lowest BCUT2D eigenvalue weighted by Gasteiger charge is -2.35. The maximum Gasteiger partial charge on any atom is 0.169 e. The van der Waals surface area contributed by atoms with Gasteiger partial charge in [-0.25, -0.2) is 17.6 Å². The standard InChI is InChI=1S/C20H32FN3O2S/c1-24(2)27(25)23-20-10-11-22-13-17(20)14-26-19-8-6-15(7-9-19)16-4-3-5-18(21)12-16/h3-5,12,15,17,19-20,22-23H,6-11,13-14H2,1-2H3/t15?,17-,19?,20?,27?/m0/s1. The molecule has 2 unspecified atom stereocenters. The second-order valence-corrected chi connectivity index (χ2v) is 9.37. The third kappa shape index (κ3) is 6.06. The van der Waals surface area contributed by atoms with E-state index in [4.69, 9.17) is 4.74 Å². The van der Waals surface area contributed by atoms with Crippen LogP contribution in [0, 0.1) is 11.7 Å². The summed E-state index contributed by atoms with van der Waals surface area (Å²) in [4.78, 5) is 0. The van der Waals surface area contributed by atoms with Gasteiger partial charge in [0, 0.05) is 32.6 Å². The normalized spacial score (nSPS) is 30.4. The van der Waals surface area contributed by atoms with Crippen molar-refractivity contribution < 1.29 is 13.3 Å². The minimum absolute atomic E-state index is 0.149. The molecule has 1 aromatic carbocycles. The van der Waals surface area contributed by atoms with Crippen molar-refractivity contribution in [2.75, 3.05) is 33.8 Å². The molecule has 1 aliphatic carbocycles. The van der Waals surface area contributed by atoms with Crippen molar-refractivity contribution in [1.82, 2.24) is 14.3 Å². The number of halogens is 1. The van der Waals surface area contributed by atoms with Crippen LogP contribution in [0.2, 0.25) is 0 Å². The van der Waals surface area contributed by atoms with Crippen LogP contribution in [0.15, 0.2) is 24.3 Å². The van der Waals surface area contributed by atoms with E-state index < -0.39 is 11.2 Å². The Labute approximate surface area is 164 Å². The zero-order valence-electron chi connectivity index (χ0n) is 16.3. The van der Waals surface area contributed by atoms with Crippen molar-refractivity contribution in [3.8, 4) is 0 Å². The van der Waals surface area contributed by atoms with E-state index in [0.717, 1.165) is 50.8 Å². The molecule has 2 aliphatic rings. The van der Waals surface area contributed by atoms with Crippen molar-refractivity contribution in [2.45, 2.75) is 50.2 Å². The van der Waals surface area contributed by atoms with Gasteiger partial charge in [0.25, 0.3) is 0 Å². The molecule has 0 aromatic heterocycles. The maximum atomic E-state index is 13.4. The van der Waals surface area contributed by atoms with Crippen LogP contribution >= 0.6 is 0 Å². The molecule has 7 heteroatoms. The predicted molar refractivity (Wildman–Crippen MR) is 107 cm³/mol. The summed E-state index contributed by atoms with van der Waals surface area (Å²) in [5.41, 5.74) is 1.11. The van der Waals surface area contributed by atoms with Gasteiger partial charge in [-0.1, -0.05) is 12.1 Å². The first-order chi connectivity index (χ1) is 13.0. The molecule has 1 aromatic rings. The third-order valence-corrected chi connectivity index (χ3v) is 6.90. The molecule has 2 N–H and O–H groups in total. The number of rotatable bonds is 7. The van der Waals surface area contributed by atoms with Crippen LogP contribution in [0.1, 0.15) is 43.6 Å². The first kappa shape index (κ1) is 20.9. The highest BCUT2D eigenvalue weighted by Crippen LogP contribution is 2.34. The van der Waals surface area contributed by atoms with Gasteiger partial charge in [-0.05, 0) is 62.3 Å². The molecule has 0 radical (unpaired) electrons. The zero-order chi connectivity index (χ0) is 19.2. The number of piperidine rings is 1. The Bertz CT molecular complexity index is 623. The van der Waals surface area contributed by atoms with Crippen molar-refractivity contribution in [3.63, 3.8) is 0 Å². The van der Waals surface area contributed by atoms with Gasteiger partial charge in [-0.3, -0.25) is 0 Å². The fourth-order valence-corrected chi connectivity index (χ4v) is 4.85. The van der Waals surface area contributed by atoms with E-state index in [1.54, 1.807) is 16.4 Å². The number of ether oxygens (including phenoxy) is 1. The Balaban J connectivity index is 1.45. The number of nitrogens with one attached hydrogen (secondary N) is 2. The van der Waals surface area contributed by atoms with Crippen LogP contribution in [0.25, 0.3) is 0 Å². The molecule has 27 heavy (non-hydrogen) atoms. The first-order valence-electron chi connectivity index (χ1n) is 9.96. The van der Waals surface area contributed by atoms with Gasteiger partial charge in [-0.15, -0.1) is 0 Å². The predicted octanol–water partition coefficient (Wildman–Crippen LogP) is 2.58. The average molecular weight is 398 g/mol. The Morgan fingerprint density at radius 3 is 2.74 bits per heavy atom. The SMILES string of the molecule is CN(C)S(=O)NC1CCNC[C@H]1COC1CCC(c2cccc(F)c2)CC1. The van der Waals surface area contributed by atoms with E-state index >= 15 is 0 Å². The molecule has 1 heterocycles. The second-order valence-electron chi connectivity index (χ2n) is 7.90. The Morgan fingerprint density at radius 2 is 2.04 bits per heavy atom. The van der Waals surface area contributed by atoms with Crippen molar-refractivity contribution >= 4 is 11.2 Å².